The number of aromatic amines is 1. The molecule has 31 heavy (non-hydrogen) atoms. The van der Waals surface area contributed by atoms with Crippen molar-refractivity contribution in [2.75, 3.05) is 11.5 Å². The van der Waals surface area contributed by atoms with E-state index in [-0.39, 0.29) is 11.7 Å². The summed E-state index contributed by atoms with van der Waals surface area (Å²) < 4.78 is 1.45. The molecule has 4 rings (SSSR count). The molecular formula is C22H19ClN8. The van der Waals surface area contributed by atoms with E-state index in [1.807, 2.05) is 55.5 Å². The van der Waals surface area contributed by atoms with Gasteiger partial charge in [-0.15, -0.1) is 0 Å². The topological polar surface area (TPSA) is 146 Å². The molecule has 0 fully saturated rings. The number of para-hydroxylation sites is 1. The number of nitrogen functional groups attached to an aromatic ring is 2. The molecule has 1 unspecified atom stereocenters. The van der Waals surface area contributed by atoms with Gasteiger partial charge < -0.3 is 11.5 Å². The molecular weight excluding hydrogens is 412 g/mol. The van der Waals surface area contributed by atoms with Gasteiger partial charge in [-0.1, -0.05) is 61.0 Å². The van der Waals surface area contributed by atoms with Crippen LogP contribution in [0.4, 0.5) is 11.6 Å². The quantitative estimate of drug-likeness (QED) is 0.447. The lowest BCUT2D eigenvalue weighted by Crippen LogP contribution is -2.02. The van der Waals surface area contributed by atoms with E-state index < -0.39 is 0 Å². The van der Waals surface area contributed by atoms with E-state index in [9.17, 15) is 0 Å². The number of anilines is 2. The number of nitrogens with zero attached hydrogens (tertiary/aromatic N) is 5. The lowest BCUT2D eigenvalue weighted by Gasteiger charge is -2.09. The van der Waals surface area contributed by atoms with Crippen molar-refractivity contribution in [3.8, 4) is 17.8 Å². The Bertz CT molecular complexity index is 1260. The summed E-state index contributed by atoms with van der Waals surface area (Å²) in [6.07, 6.45) is 1.42. The summed E-state index contributed by atoms with van der Waals surface area (Å²) in [7, 11) is 0. The van der Waals surface area contributed by atoms with Crippen LogP contribution in [0, 0.1) is 22.7 Å². The van der Waals surface area contributed by atoms with Gasteiger partial charge in [-0.2, -0.15) is 20.7 Å². The normalized spacial score (nSPS) is 11.0. The second kappa shape index (κ2) is 9.49. The van der Waals surface area contributed by atoms with Crippen molar-refractivity contribution in [1.29, 1.82) is 10.5 Å². The van der Waals surface area contributed by atoms with Crippen molar-refractivity contribution in [2.24, 2.45) is 0 Å². The standard InChI is InChI=1S/C12H12N4.C10H7ClN4/c1-8(9-5-3-2-4-6-9)11-10(7-13)12(14)16-15-11;11-8-3-1-2-4-9(8)15-10(13)7(5-12)6-14-15/h2-6,8H,1H3,(H3,14,15,16);1-4,6H,13H2. The van der Waals surface area contributed by atoms with Crippen LogP contribution in [0.2, 0.25) is 5.02 Å². The number of H-pyrrole nitrogens is 1. The fraction of sp³-hybridized carbons (Fsp3) is 0.0909. The van der Waals surface area contributed by atoms with Crippen molar-refractivity contribution < 1.29 is 0 Å². The smallest absolute Gasteiger partial charge is 0.163 e. The van der Waals surface area contributed by atoms with Crippen molar-refractivity contribution in [1.82, 2.24) is 20.0 Å². The van der Waals surface area contributed by atoms with E-state index >= 15 is 0 Å². The van der Waals surface area contributed by atoms with Crippen LogP contribution in [0.3, 0.4) is 0 Å². The highest BCUT2D eigenvalue weighted by Gasteiger charge is 2.17. The largest absolute Gasteiger partial charge is 0.382 e. The molecule has 2 heterocycles. The third kappa shape index (κ3) is 4.50. The lowest BCUT2D eigenvalue weighted by atomic mass is 9.95. The monoisotopic (exact) mass is 430 g/mol. The number of hydrogen-bond donors (Lipinski definition) is 3. The highest BCUT2D eigenvalue weighted by Crippen LogP contribution is 2.27. The SMILES string of the molecule is CC(c1ccccc1)c1[nH]nc(N)c1C#N.N#Cc1cnn(-c2ccccc2Cl)c1N. The zero-order chi connectivity index (χ0) is 22.4. The van der Waals surface area contributed by atoms with Crippen molar-refractivity contribution in [2.45, 2.75) is 12.8 Å². The number of halogens is 1. The molecule has 0 spiro atoms. The molecule has 0 aliphatic rings. The maximum Gasteiger partial charge on any atom is 0.163 e. The molecule has 5 N–H and O–H groups in total. The van der Waals surface area contributed by atoms with E-state index in [1.165, 1.54) is 10.9 Å². The fourth-order valence-electron chi connectivity index (χ4n) is 2.97. The molecule has 1 atom stereocenters. The average molecular weight is 431 g/mol. The van der Waals surface area contributed by atoms with Gasteiger partial charge in [0.2, 0.25) is 0 Å². The van der Waals surface area contributed by atoms with Crippen molar-refractivity contribution in [3.63, 3.8) is 0 Å². The summed E-state index contributed by atoms with van der Waals surface area (Å²) in [6.45, 7) is 2.02. The minimum Gasteiger partial charge on any atom is -0.382 e. The summed E-state index contributed by atoms with van der Waals surface area (Å²) in [5, 5.41) is 29.0. The van der Waals surface area contributed by atoms with E-state index in [2.05, 4.69) is 21.4 Å². The van der Waals surface area contributed by atoms with Gasteiger partial charge in [0.25, 0.3) is 0 Å². The Morgan fingerprint density at radius 1 is 1.03 bits per heavy atom. The predicted molar refractivity (Wildman–Crippen MR) is 119 cm³/mol. The summed E-state index contributed by atoms with van der Waals surface area (Å²) in [5.41, 5.74) is 14.7. The Balaban J connectivity index is 0.000000176. The molecule has 0 saturated heterocycles. The first-order valence-electron chi connectivity index (χ1n) is 9.25. The number of rotatable bonds is 3. The molecule has 2 aromatic carbocycles. The van der Waals surface area contributed by atoms with Crippen LogP contribution >= 0.6 is 11.6 Å². The second-order valence-corrected chi connectivity index (χ2v) is 6.97. The van der Waals surface area contributed by atoms with Crippen LogP contribution in [0.15, 0.2) is 60.8 Å². The molecule has 4 aromatic rings. The zero-order valence-corrected chi connectivity index (χ0v) is 17.4. The minimum absolute atomic E-state index is 0.0839. The number of benzene rings is 2. The maximum atomic E-state index is 8.99. The second-order valence-electron chi connectivity index (χ2n) is 6.56. The van der Waals surface area contributed by atoms with Gasteiger partial charge in [-0.05, 0) is 17.7 Å². The zero-order valence-electron chi connectivity index (χ0n) is 16.6. The first kappa shape index (κ1) is 21.4. The van der Waals surface area contributed by atoms with Crippen LogP contribution in [0.5, 0.6) is 0 Å². The summed E-state index contributed by atoms with van der Waals surface area (Å²) in [6, 6.07) is 21.1. The molecule has 8 nitrogen and oxygen atoms in total. The van der Waals surface area contributed by atoms with Crippen molar-refractivity contribution in [3.05, 3.63) is 88.2 Å². The molecule has 0 saturated carbocycles. The Morgan fingerprint density at radius 3 is 2.32 bits per heavy atom. The highest BCUT2D eigenvalue weighted by atomic mass is 35.5. The highest BCUT2D eigenvalue weighted by molar-refractivity contribution is 6.32. The van der Waals surface area contributed by atoms with Gasteiger partial charge in [0, 0.05) is 5.92 Å². The molecule has 0 bridgehead atoms. The lowest BCUT2D eigenvalue weighted by molar-refractivity contribution is 0.851. The molecule has 0 amide bonds. The van der Waals surface area contributed by atoms with Crippen LogP contribution in [-0.4, -0.2) is 20.0 Å². The summed E-state index contributed by atoms with van der Waals surface area (Å²) in [4.78, 5) is 0. The molecule has 0 radical (unpaired) electrons. The molecule has 0 aliphatic carbocycles. The predicted octanol–water partition coefficient (Wildman–Crippen LogP) is 3.99. The van der Waals surface area contributed by atoms with E-state index in [4.69, 9.17) is 33.6 Å². The van der Waals surface area contributed by atoms with E-state index in [1.54, 1.807) is 12.1 Å². The molecule has 9 heteroatoms. The van der Waals surface area contributed by atoms with Crippen molar-refractivity contribution >= 4 is 23.2 Å². The maximum absolute atomic E-state index is 8.99. The fourth-order valence-corrected chi connectivity index (χ4v) is 3.18. The minimum atomic E-state index is 0.0839. The third-order valence-corrected chi connectivity index (χ3v) is 4.99. The first-order valence-corrected chi connectivity index (χ1v) is 9.63. The Morgan fingerprint density at radius 2 is 1.71 bits per heavy atom. The first-order chi connectivity index (χ1) is 15.0. The number of nitriles is 2. The number of nitrogens with two attached hydrogens (primary N) is 2. The van der Waals surface area contributed by atoms with E-state index in [0.29, 0.717) is 27.7 Å². The van der Waals surface area contributed by atoms with Crippen LogP contribution in [-0.2, 0) is 0 Å². The Labute approximate surface area is 184 Å². The van der Waals surface area contributed by atoms with Gasteiger partial charge >= 0.3 is 0 Å². The van der Waals surface area contributed by atoms with Crippen LogP contribution < -0.4 is 11.5 Å². The van der Waals surface area contributed by atoms with Gasteiger partial charge in [-0.3, -0.25) is 5.10 Å². The average Bonchev–Trinajstić information content (AvgIpc) is 3.36. The summed E-state index contributed by atoms with van der Waals surface area (Å²) in [5.74, 6) is 0.645. The van der Waals surface area contributed by atoms with Gasteiger partial charge in [0.1, 0.15) is 29.1 Å². The van der Waals surface area contributed by atoms with Gasteiger partial charge in [0.15, 0.2) is 5.82 Å². The summed E-state index contributed by atoms with van der Waals surface area (Å²) >= 11 is 5.98. The van der Waals surface area contributed by atoms with Crippen LogP contribution in [0.25, 0.3) is 5.69 Å². The Hall–Kier alpha value is -4.27. The molecule has 154 valence electrons. The number of nitrogens with one attached hydrogen (secondary N) is 1. The van der Waals surface area contributed by atoms with Crippen LogP contribution in [0.1, 0.15) is 35.2 Å². The number of aromatic nitrogens is 4. The van der Waals surface area contributed by atoms with Gasteiger partial charge in [0.05, 0.1) is 22.6 Å². The van der Waals surface area contributed by atoms with E-state index in [0.717, 1.165) is 11.3 Å². The van der Waals surface area contributed by atoms with Gasteiger partial charge in [-0.25, -0.2) is 4.68 Å². The number of hydrogen-bond acceptors (Lipinski definition) is 6. The Kier molecular flexibility index (Phi) is 6.56. The third-order valence-electron chi connectivity index (χ3n) is 4.67. The molecule has 0 aliphatic heterocycles. The molecule has 2 aromatic heterocycles.